The third-order valence-corrected chi connectivity index (χ3v) is 4.16. The zero-order valence-electron chi connectivity index (χ0n) is 7.98. The molecule has 2 rings (SSSR count). The fourth-order valence-electron chi connectivity index (χ4n) is 1.47. The van der Waals surface area contributed by atoms with E-state index in [1.54, 1.807) is 6.07 Å². The molecular formula is C12H6Br3F. The number of rotatable bonds is 1. The van der Waals surface area contributed by atoms with Crippen LogP contribution in [0.5, 0.6) is 0 Å². The smallest absolute Gasteiger partial charge is 0.132 e. The van der Waals surface area contributed by atoms with Gasteiger partial charge in [-0.15, -0.1) is 0 Å². The standard InChI is InChI=1S/C12H6Br3F/c13-7-3-1-4-8(14)11(7)12-9(15)5-2-6-10(12)16/h1-6H. The molecule has 0 nitrogen and oxygen atoms in total. The maximum atomic E-state index is 13.8. The normalized spacial score (nSPS) is 10.5. The first-order valence-corrected chi connectivity index (χ1v) is 6.87. The molecule has 0 N–H and O–H groups in total. The van der Waals surface area contributed by atoms with E-state index < -0.39 is 0 Å². The molecule has 0 amide bonds. The van der Waals surface area contributed by atoms with Gasteiger partial charge in [0.15, 0.2) is 0 Å². The minimum Gasteiger partial charge on any atom is -0.206 e. The minimum atomic E-state index is -0.248. The Morgan fingerprint density at radius 3 is 1.62 bits per heavy atom. The lowest BCUT2D eigenvalue weighted by molar-refractivity contribution is 0.630. The van der Waals surface area contributed by atoms with E-state index in [2.05, 4.69) is 47.8 Å². The Labute approximate surface area is 118 Å². The van der Waals surface area contributed by atoms with E-state index in [0.717, 1.165) is 19.0 Å². The lowest BCUT2D eigenvalue weighted by Gasteiger charge is -2.10. The molecule has 0 unspecified atom stereocenters. The van der Waals surface area contributed by atoms with E-state index >= 15 is 0 Å². The number of hydrogen-bond acceptors (Lipinski definition) is 0. The summed E-state index contributed by atoms with van der Waals surface area (Å²) < 4.78 is 16.3. The van der Waals surface area contributed by atoms with E-state index in [9.17, 15) is 4.39 Å². The van der Waals surface area contributed by atoms with Crippen molar-refractivity contribution in [3.63, 3.8) is 0 Å². The summed E-state index contributed by atoms with van der Waals surface area (Å²) in [6.45, 7) is 0. The molecule has 0 atom stereocenters. The molecule has 0 aliphatic carbocycles. The van der Waals surface area contributed by atoms with E-state index in [0.29, 0.717) is 5.56 Å². The predicted molar refractivity (Wildman–Crippen MR) is 74.9 cm³/mol. The second-order valence-electron chi connectivity index (χ2n) is 3.19. The quantitative estimate of drug-likeness (QED) is 0.561. The fraction of sp³-hybridized carbons (Fsp3) is 0. The molecule has 0 heterocycles. The topological polar surface area (TPSA) is 0 Å². The van der Waals surface area contributed by atoms with Crippen LogP contribution in [0.3, 0.4) is 0 Å². The van der Waals surface area contributed by atoms with Crippen LogP contribution >= 0.6 is 47.8 Å². The van der Waals surface area contributed by atoms with Gasteiger partial charge in [0.05, 0.1) is 0 Å². The Hall–Kier alpha value is -0.190. The van der Waals surface area contributed by atoms with E-state index in [1.807, 2.05) is 24.3 Å². The van der Waals surface area contributed by atoms with Gasteiger partial charge >= 0.3 is 0 Å². The monoisotopic (exact) mass is 406 g/mol. The highest BCUT2D eigenvalue weighted by molar-refractivity contribution is 9.11. The van der Waals surface area contributed by atoms with Gasteiger partial charge in [-0.25, -0.2) is 4.39 Å². The summed E-state index contributed by atoms with van der Waals surface area (Å²) in [6.07, 6.45) is 0. The van der Waals surface area contributed by atoms with Gasteiger partial charge in [0, 0.05) is 24.5 Å². The molecule has 0 bridgehead atoms. The molecule has 0 saturated carbocycles. The second kappa shape index (κ2) is 4.98. The van der Waals surface area contributed by atoms with Crippen LogP contribution in [0.2, 0.25) is 0 Å². The number of hydrogen-bond donors (Lipinski definition) is 0. The highest BCUT2D eigenvalue weighted by Crippen LogP contribution is 2.40. The molecule has 2 aromatic rings. The molecule has 0 aliphatic rings. The Morgan fingerprint density at radius 2 is 1.12 bits per heavy atom. The molecule has 0 aromatic heterocycles. The Morgan fingerprint density at radius 1 is 0.688 bits per heavy atom. The van der Waals surface area contributed by atoms with Crippen LogP contribution in [-0.2, 0) is 0 Å². The molecule has 0 saturated heterocycles. The van der Waals surface area contributed by atoms with Crippen molar-refractivity contribution >= 4 is 47.8 Å². The van der Waals surface area contributed by atoms with Gasteiger partial charge in [0.1, 0.15) is 5.82 Å². The zero-order chi connectivity index (χ0) is 11.7. The Balaban J connectivity index is 2.77. The summed E-state index contributed by atoms with van der Waals surface area (Å²) in [6, 6.07) is 10.6. The third-order valence-electron chi connectivity index (χ3n) is 2.18. The lowest BCUT2D eigenvalue weighted by Crippen LogP contribution is -1.88. The second-order valence-corrected chi connectivity index (χ2v) is 5.76. The minimum absolute atomic E-state index is 0.248. The molecule has 0 aliphatic heterocycles. The van der Waals surface area contributed by atoms with Crippen LogP contribution in [0.15, 0.2) is 49.8 Å². The van der Waals surface area contributed by atoms with Gasteiger partial charge < -0.3 is 0 Å². The molecule has 82 valence electrons. The maximum Gasteiger partial charge on any atom is 0.132 e. The SMILES string of the molecule is Fc1cccc(Br)c1-c1c(Br)cccc1Br. The molecule has 2 aromatic carbocycles. The summed E-state index contributed by atoms with van der Waals surface area (Å²) in [7, 11) is 0. The molecule has 4 heteroatoms. The van der Waals surface area contributed by atoms with Crippen molar-refractivity contribution in [2.24, 2.45) is 0 Å². The third kappa shape index (κ3) is 2.24. The Kier molecular flexibility index (Phi) is 3.82. The summed E-state index contributed by atoms with van der Waals surface area (Å²) in [4.78, 5) is 0. The summed E-state index contributed by atoms with van der Waals surface area (Å²) >= 11 is 10.2. The van der Waals surface area contributed by atoms with E-state index in [1.165, 1.54) is 6.07 Å². The summed E-state index contributed by atoms with van der Waals surface area (Å²) in [5.41, 5.74) is 1.37. The highest BCUT2D eigenvalue weighted by Gasteiger charge is 2.14. The van der Waals surface area contributed by atoms with Crippen molar-refractivity contribution in [3.8, 4) is 11.1 Å². The van der Waals surface area contributed by atoms with Gasteiger partial charge in [0.25, 0.3) is 0 Å². The lowest BCUT2D eigenvalue weighted by atomic mass is 10.1. The van der Waals surface area contributed by atoms with Gasteiger partial charge in [0.2, 0.25) is 0 Å². The Bertz CT molecular complexity index is 448. The van der Waals surface area contributed by atoms with Crippen molar-refractivity contribution in [1.82, 2.24) is 0 Å². The average molecular weight is 409 g/mol. The van der Waals surface area contributed by atoms with Crippen molar-refractivity contribution < 1.29 is 4.39 Å². The van der Waals surface area contributed by atoms with Crippen molar-refractivity contribution in [2.45, 2.75) is 0 Å². The highest BCUT2D eigenvalue weighted by atomic mass is 79.9. The van der Waals surface area contributed by atoms with Crippen LogP contribution in [0.4, 0.5) is 4.39 Å². The molecule has 16 heavy (non-hydrogen) atoms. The molecular weight excluding hydrogens is 403 g/mol. The van der Waals surface area contributed by atoms with Crippen molar-refractivity contribution in [1.29, 1.82) is 0 Å². The van der Waals surface area contributed by atoms with Crippen LogP contribution in [0, 0.1) is 5.82 Å². The molecule has 0 radical (unpaired) electrons. The summed E-state index contributed by atoms with van der Waals surface area (Å²) in [5, 5.41) is 0. The van der Waals surface area contributed by atoms with E-state index in [-0.39, 0.29) is 5.82 Å². The predicted octanol–water partition coefficient (Wildman–Crippen LogP) is 5.78. The first kappa shape index (κ1) is 12.3. The average Bonchev–Trinajstić information content (AvgIpc) is 2.21. The maximum absolute atomic E-state index is 13.8. The first-order chi connectivity index (χ1) is 7.61. The van der Waals surface area contributed by atoms with Crippen LogP contribution in [-0.4, -0.2) is 0 Å². The first-order valence-electron chi connectivity index (χ1n) is 4.49. The van der Waals surface area contributed by atoms with Gasteiger partial charge in [-0.3, -0.25) is 0 Å². The van der Waals surface area contributed by atoms with Gasteiger partial charge in [-0.2, -0.15) is 0 Å². The van der Waals surface area contributed by atoms with Gasteiger partial charge in [-0.05, 0) is 24.3 Å². The van der Waals surface area contributed by atoms with Gasteiger partial charge in [-0.1, -0.05) is 59.9 Å². The van der Waals surface area contributed by atoms with Crippen LogP contribution in [0.1, 0.15) is 0 Å². The largest absolute Gasteiger partial charge is 0.206 e. The van der Waals surface area contributed by atoms with Crippen molar-refractivity contribution in [2.75, 3.05) is 0 Å². The van der Waals surface area contributed by atoms with Crippen LogP contribution in [0.25, 0.3) is 11.1 Å². The number of halogens is 4. The van der Waals surface area contributed by atoms with E-state index in [4.69, 9.17) is 0 Å². The fourth-order valence-corrected chi connectivity index (χ4v) is 3.41. The summed E-state index contributed by atoms with van der Waals surface area (Å²) in [5.74, 6) is -0.248. The zero-order valence-corrected chi connectivity index (χ0v) is 12.7. The molecule has 0 spiro atoms. The number of benzene rings is 2. The molecule has 0 fully saturated rings. The van der Waals surface area contributed by atoms with Crippen molar-refractivity contribution in [3.05, 3.63) is 55.6 Å². The van der Waals surface area contributed by atoms with Crippen LogP contribution < -0.4 is 0 Å².